The number of rotatable bonds is 4. The van der Waals surface area contributed by atoms with Gasteiger partial charge in [-0.2, -0.15) is 0 Å². The normalized spacial score (nSPS) is 11.9. The van der Waals surface area contributed by atoms with Crippen molar-refractivity contribution in [1.29, 1.82) is 0 Å². The van der Waals surface area contributed by atoms with Crippen molar-refractivity contribution in [2.75, 3.05) is 0 Å². The van der Waals surface area contributed by atoms with E-state index in [1.54, 1.807) is 33.9 Å². The van der Waals surface area contributed by atoms with Crippen LogP contribution in [0.5, 0.6) is 0 Å². The van der Waals surface area contributed by atoms with Crippen molar-refractivity contribution in [1.82, 2.24) is 29.1 Å². The van der Waals surface area contributed by atoms with E-state index in [-0.39, 0.29) is 11.6 Å². The Labute approximate surface area is 179 Å². The fourth-order valence-corrected chi connectivity index (χ4v) is 3.45. The molecule has 0 fully saturated rings. The first-order valence-corrected chi connectivity index (χ1v) is 9.97. The quantitative estimate of drug-likeness (QED) is 0.479. The molecule has 0 saturated heterocycles. The van der Waals surface area contributed by atoms with Crippen LogP contribution in [0.4, 0.5) is 8.78 Å². The molecule has 8 heteroatoms. The zero-order valence-electron chi connectivity index (χ0n) is 18.4. The molecule has 0 N–H and O–H groups in total. The second kappa shape index (κ2) is 7.37. The van der Waals surface area contributed by atoms with Crippen LogP contribution in [0.1, 0.15) is 48.0 Å². The molecule has 31 heavy (non-hydrogen) atoms. The van der Waals surface area contributed by atoms with Crippen molar-refractivity contribution in [3.8, 4) is 11.6 Å². The van der Waals surface area contributed by atoms with Gasteiger partial charge in [0.15, 0.2) is 23.3 Å². The highest BCUT2D eigenvalue weighted by Crippen LogP contribution is 2.31. The van der Waals surface area contributed by atoms with Crippen molar-refractivity contribution >= 4 is 0 Å². The molecule has 4 rings (SSSR count). The molecule has 0 aliphatic heterocycles. The highest BCUT2D eigenvalue weighted by Gasteiger charge is 2.29. The van der Waals surface area contributed by atoms with Gasteiger partial charge < -0.3 is 0 Å². The van der Waals surface area contributed by atoms with E-state index >= 15 is 0 Å². The largest absolute Gasteiger partial charge is 0.285 e. The number of halogens is 2. The van der Waals surface area contributed by atoms with Crippen LogP contribution >= 0.6 is 0 Å². The van der Waals surface area contributed by atoms with Crippen LogP contribution in [0.2, 0.25) is 0 Å². The fraction of sp³-hybridized carbons (Fsp3) is 0.304. The smallest absolute Gasteiger partial charge is 0.174 e. The number of pyridine rings is 2. The van der Waals surface area contributed by atoms with Crippen LogP contribution < -0.4 is 0 Å². The third-order valence-corrected chi connectivity index (χ3v) is 5.90. The van der Waals surface area contributed by atoms with Crippen molar-refractivity contribution in [3.05, 3.63) is 82.7 Å². The summed E-state index contributed by atoms with van der Waals surface area (Å²) in [5.41, 5.74) is 3.75. The van der Waals surface area contributed by atoms with Crippen molar-refractivity contribution in [2.45, 2.75) is 47.0 Å². The molecule has 4 aromatic heterocycles. The number of aromatic nitrogens is 6. The summed E-state index contributed by atoms with van der Waals surface area (Å²) < 4.78 is 32.5. The van der Waals surface area contributed by atoms with E-state index in [4.69, 9.17) is 0 Å². The van der Waals surface area contributed by atoms with E-state index < -0.39 is 17.0 Å². The number of nitrogens with zero attached hydrogens (tertiary/aromatic N) is 6. The van der Waals surface area contributed by atoms with Gasteiger partial charge in [-0.15, -0.1) is 0 Å². The first kappa shape index (κ1) is 20.8. The van der Waals surface area contributed by atoms with Gasteiger partial charge in [0, 0.05) is 16.8 Å². The molecule has 0 unspecified atom stereocenters. The van der Waals surface area contributed by atoms with E-state index in [9.17, 15) is 8.78 Å². The van der Waals surface area contributed by atoms with Crippen LogP contribution in [0.3, 0.4) is 0 Å². The maximum atomic E-state index is 14.6. The lowest BCUT2D eigenvalue weighted by Gasteiger charge is -2.25. The molecule has 0 saturated carbocycles. The van der Waals surface area contributed by atoms with Gasteiger partial charge >= 0.3 is 0 Å². The van der Waals surface area contributed by atoms with Gasteiger partial charge in [-0.25, -0.2) is 28.7 Å². The monoisotopic (exact) mass is 422 g/mol. The molecule has 6 nitrogen and oxygen atoms in total. The molecule has 4 aromatic rings. The van der Waals surface area contributed by atoms with Crippen LogP contribution in [-0.2, 0) is 5.41 Å². The molecule has 0 radical (unpaired) electrons. The molecular weight excluding hydrogens is 398 g/mol. The summed E-state index contributed by atoms with van der Waals surface area (Å²) in [7, 11) is 0. The number of aryl methyl sites for hydroxylation is 2. The van der Waals surface area contributed by atoms with Gasteiger partial charge in [0.1, 0.15) is 12.7 Å². The van der Waals surface area contributed by atoms with Crippen molar-refractivity contribution < 1.29 is 8.78 Å². The summed E-state index contributed by atoms with van der Waals surface area (Å²) in [5, 5.41) is 0. The zero-order valence-corrected chi connectivity index (χ0v) is 18.4. The summed E-state index contributed by atoms with van der Waals surface area (Å²) in [5.74, 6) is -0.547. The third kappa shape index (κ3) is 3.41. The van der Waals surface area contributed by atoms with E-state index in [0.717, 1.165) is 22.8 Å². The summed E-state index contributed by atoms with van der Waals surface area (Å²) in [6.45, 7) is 11.3. The average Bonchev–Trinajstić information content (AvgIpc) is 3.24. The van der Waals surface area contributed by atoms with E-state index in [2.05, 4.69) is 19.9 Å². The zero-order chi connectivity index (χ0) is 22.5. The van der Waals surface area contributed by atoms with Crippen molar-refractivity contribution in [3.63, 3.8) is 0 Å². The Morgan fingerprint density at radius 3 is 1.39 bits per heavy atom. The summed E-state index contributed by atoms with van der Waals surface area (Å²) in [6.07, 6.45) is 3.12. The molecule has 160 valence electrons. The van der Waals surface area contributed by atoms with E-state index in [1.807, 2.05) is 41.5 Å². The Hall–Kier alpha value is -3.42. The second-order valence-electron chi connectivity index (χ2n) is 8.20. The summed E-state index contributed by atoms with van der Waals surface area (Å²) >= 11 is 0. The van der Waals surface area contributed by atoms with Gasteiger partial charge in [-0.3, -0.25) is 9.13 Å². The van der Waals surface area contributed by atoms with Gasteiger partial charge in [0.25, 0.3) is 0 Å². The van der Waals surface area contributed by atoms with Gasteiger partial charge in [-0.1, -0.05) is 0 Å². The van der Waals surface area contributed by atoms with Crippen LogP contribution in [-0.4, -0.2) is 29.1 Å². The maximum Gasteiger partial charge on any atom is 0.174 e. The Bertz CT molecular complexity index is 1190. The predicted molar refractivity (Wildman–Crippen MR) is 114 cm³/mol. The standard InChI is InChI=1S/C23H24F2N6/c1-13-15(3)30(11-26-13)21-17(24)7-9-19(28-21)23(5,6)20-10-8-18(25)22(29-20)31-12-27-14(2)16(31)4/h7-12H,1-6H3. The van der Waals surface area contributed by atoms with Crippen LogP contribution in [0.15, 0.2) is 36.9 Å². The Kier molecular flexibility index (Phi) is 4.95. The lowest BCUT2D eigenvalue weighted by Crippen LogP contribution is -2.24. The topological polar surface area (TPSA) is 61.4 Å². The third-order valence-electron chi connectivity index (χ3n) is 5.90. The van der Waals surface area contributed by atoms with Gasteiger partial charge in [0.05, 0.1) is 22.8 Å². The van der Waals surface area contributed by atoms with Gasteiger partial charge in [0.2, 0.25) is 0 Å². The van der Waals surface area contributed by atoms with Crippen LogP contribution in [0.25, 0.3) is 11.6 Å². The number of hydrogen-bond acceptors (Lipinski definition) is 4. The first-order chi connectivity index (χ1) is 14.6. The Balaban J connectivity index is 1.82. The molecule has 0 aliphatic carbocycles. The fourth-order valence-electron chi connectivity index (χ4n) is 3.45. The molecule has 0 aliphatic rings. The lowest BCUT2D eigenvalue weighted by molar-refractivity contribution is 0.557. The average molecular weight is 422 g/mol. The Morgan fingerprint density at radius 2 is 1.06 bits per heavy atom. The minimum Gasteiger partial charge on any atom is -0.285 e. The SMILES string of the molecule is Cc1ncn(-c2nc(C(C)(C)c3ccc(F)c(-n4cnc(C)c4C)n3)ccc2F)c1C. The molecule has 0 amide bonds. The molecule has 0 atom stereocenters. The highest BCUT2D eigenvalue weighted by atomic mass is 19.1. The molecule has 0 bridgehead atoms. The summed E-state index contributed by atoms with van der Waals surface area (Å²) in [4.78, 5) is 17.7. The second-order valence-corrected chi connectivity index (χ2v) is 8.20. The highest BCUT2D eigenvalue weighted by molar-refractivity contribution is 5.39. The minimum absolute atomic E-state index is 0.173. The first-order valence-electron chi connectivity index (χ1n) is 9.97. The molecule has 0 spiro atoms. The minimum atomic E-state index is -0.710. The van der Waals surface area contributed by atoms with E-state index in [0.29, 0.717) is 11.4 Å². The van der Waals surface area contributed by atoms with E-state index in [1.165, 1.54) is 12.1 Å². The molecule has 4 heterocycles. The molecular formula is C23H24F2N6. The van der Waals surface area contributed by atoms with Crippen molar-refractivity contribution in [2.24, 2.45) is 0 Å². The summed E-state index contributed by atoms with van der Waals surface area (Å²) in [6, 6.07) is 6.05. The molecule has 0 aromatic carbocycles. The number of imidazole rings is 2. The van der Waals surface area contributed by atoms with Crippen LogP contribution in [0, 0.1) is 39.3 Å². The lowest BCUT2D eigenvalue weighted by atomic mass is 9.84. The Morgan fingerprint density at radius 1 is 0.677 bits per heavy atom. The maximum absolute atomic E-state index is 14.6. The number of hydrogen-bond donors (Lipinski definition) is 0. The predicted octanol–water partition coefficient (Wildman–Crippen LogP) is 4.69. The van der Waals surface area contributed by atoms with Gasteiger partial charge in [-0.05, 0) is 65.8 Å².